The highest BCUT2D eigenvalue weighted by Crippen LogP contribution is 2.29. The fourth-order valence-corrected chi connectivity index (χ4v) is 3.91. The summed E-state index contributed by atoms with van der Waals surface area (Å²) in [6.45, 7) is 0.601. The molecule has 1 aliphatic heterocycles. The minimum Gasteiger partial charge on any atom is -0.394 e. The number of rotatable bonds is 10. The number of aliphatic hydroxyl groups is 2. The summed E-state index contributed by atoms with van der Waals surface area (Å²) in [6, 6.07) is 29.3. The van der Waals surface area contributed by atoms with Crippen molar-refractivity contribution >= 4 is 0 Å². The van der Waals surface area contributed by atoms with Crippen LogP contribution >= 0.6 is 0 Å². The first-order valence-electron chi connectivity index (χ1n) is 11.2. The van der Waals surface area contributed by atoms with Crippen molar-refractivity contribution in [1.29, 1.82) is 0 Å². The number of hydrogen-bond acceptors (Lipinski definition) is 6. The molecular formula is C27H30O6. The van der Waals surface area contributed by atoms with Gasteiger partial charge in [0.1, 0.15) is 24.4 Å². The Labute approximate surface area is 194 Å². The number of aliphatic hydroxyl groups excluding tert-OH is 2. The van der Waals surface area contributed by atoms with Crippen LogP contribution in [0.4, 0.5) is 0 Å². The van der Waals surface area contributed by atoms with E-state index in [1.807, 2.05) is 91.0 Å². The van der Waals surface area contributed by atoms with E-state index in [0.29, 0.717) is 13.2 Å². The molecule has 1 aliphatic rings. The largest absolute Gasteiger partial charge is 0.394 e. The van der Waals surface area contributed by atoms with E-state index in [0.717, 1.165) is 16.7 Å². The molecule has 1 heterocycles. The van der Waals surface area contributed by atoms with E-state index in [1.165, 1.54) is 0 Å². The number of benzene rings is 3. The van der Waals surface area contributed by atoms with E-state index < -0.39 is 30.7 Å². The predicted octanol–water partition coefficient (Wildman–Crippen LogP) is 3.45. The first-order chi connectivity index (χ1) is 16.2. The van der Waals surface area contributed by atoms with Crippen LogP contribution in [0.25, 0.3) is 0 Å². The topological polar surface area (TPSA) is 77.4 Å². The van der Waals surface area contributed by atoms with Gasteiger partial charge < -0.3 is 29.2 Å². The molecule has 1 fully saturated rings. The zero-order valence-electron chi connectivity index (χ0n) is 18.4. The van der Waals surface area contributed by atoms with Crippen LogP contribution in [0.5, 0.6) is 0 Å². The maximum atomic E-state index is 10.7. The van der Waals surface area contributed by atoms with Crippen molar-refractivity contribution in [3.8, 4) is 0 Å². The lowest BCUT2D eigenvalue weighted by Crippen LogP contribution is -2.61. The molecule has 3 aromatic rings. The molecule has 0 spiro atoms. The minimum absolute atomic E-state index is 0.284. The Balaban J connectivity index is 1.53. The Morgan fingerprint density at radius 2 is 0.970 bits per heavy atom. The van der Waals surface area contributed by atoms with Crippen molar-refractivity contribution in [2.24, 2.45) is 0 Å². The first kappa shape index (κ1) is 23.6. The number of hydrogen-bond donors (Lipinski definition) is 2. The van der Waals surface area contributed by atoms with Crippen LogP contribution in [0.2, 0.25) is 0 Å². The molecule has 6 nitrogen and oxygen atoms in total. The van der Waals surface area contributed by atoms with Gasteiger partial charge in [-0.25, -0.2) is 0 Å². The maximum absolute atomic E-state index is 10.7. The molecule has 0 aromatic heterocycles. The lowest BCUT2D eigenvalue weighted by Gasteiger charge is -2.44. The van der Waals surface area contributed by atoms with Crippen LogP contribution in [0.15, 0.2) is 91.0 Å². The molecule has 6 heteroatoms. The third-order valence-corrected chi connectivity index (χ3v) is 5.65. The molecule has 0 bridgehead atoms. The Bertz CT molecular complexity index is 937. The molecule has 0 amide bonds. The third-order valence-electron chi connectivity index (χ3n) is 5.65. The standard InChI is InChI=1S/C27H30O6/c28-16-23-24(30-17-20-10-4-1-5-11-20)25(31-18-21-12-6-2-7-13-21)26(27(29)33-23)32-19-22-14-8-3-9-15-22/h1-15,23-29H,16-19H2/t23-,24+,25-,26+,27-/m0/s1. The van der Waals surface area contributed by atoms with Gasteiger partial charge in [-0.05, 0) is 16.7 Å². The summed E-state index contributed by atoms with van der Waals surface area (Å²) in [6.07, 6.45) is -4.09. The van der Waals surface area contributed by atoms with Gasteiger partial charge in [0.15, 0.2) is 6.29 Å². The summed E-state index contributed by atoms with van der Waals surface area (Å²) >= 11 is 0. The Morgan fingerprint density at radius 1 is 0.576 bits per heavy atom. The van der Waals surface area contributed by atoms with Gasteiger partial charge in [0, 0.05) is 0 Å². The van der Waals surface area contributed by atoms with Gasteiger partial charge in [0.25, 0.3) is 0 Å². The lowest BCUT2D eigenvalue weighted by atomic mass is 9.98. The van der Waals surface area contributed by atoms with E-state index in [1.54, 1.807) is 0 Å². The summed E-state index contributed by atoms with van der Waals surface area (Å²) in [5.41, 5.74) is 2.95. The van der Waals surface area contributed by atoms with E-state index >= 15 is 0 Å². The van der Waals surface area contributed by atoms with Crippen molar-refractivity contribution in [3.05, 3.63) is 108 Å². The molecule has 0 unspecified atom stereocenters. The van der Waals surface area contributed by atoms with Gasteiger partial charge in [0.2, 0.25) is 0 Å². The lowest BCUT2D eigenvalue weighted by molar-refractivity contribution is -0.315. The van der Waals surface area contributed by atoms with Gasteiger partial charge in [-0.2, -0.15) is 0 Å². The molecule has 5 atom stereocenters. The zero-order valence-corrected chi connectivity index (χ0v) is 18.4. The summed E-state index contributed by atoms with van der Waals surface area (Å²) < 4.78 is 24.3. The quantitative estimate of drug-likeness (QED) is 0.493. The van der Waals surface area contributed by atoms with Crippen molar-refractivity contribution in [2.45, 2.75) is 50.5 Å². The van der Waals surface area contributed by atoms with Crippen LogP contribution in [0.1, 0.15) is 16.7 Å². The van der Waals surface area contributed by atoms with Gasteiger partial charge >= 0.3 is 0 Å². The SMILES string of the molecule is OC[C@@H]1O[C@H](O)[C@H](OCc2ccccc2)[C@@H](OCc2ccccc2)[C@@H]1OCc1ccccc1. The van der Waals surface area contributed by atoms with E-state index in [2.05, 4.69) is 0 Å². The highest BCUT2D eigenvalue weighted by atomic mass is 16.7. The molecule has 0 saturated carbocycles. The molecule has 0 radical (unpaired) electrons. The normalized spacial score (nSPS) is 25.1. The highest BCUT2D eigenvalue weighted by Gasteiger charge is 2.47. The second-order valence-corrected chi connectivity index (χ2v) is 8.03. The fourth-order valence-electron chi connectivity index (χ4n) is 3.91. The van der Waals surface area contributed by atoms with Crippen LogP contribution in [-0.2, 0) is 38.8 Å². The van der Waals surface area contributed by atoms with E-state index in [9.17, 15) is 10.2 Å². The van der Waals surface area contributed by atoms with E-state index in [-0.39, 0.29) is 13.2 Å². The molecule has 174 valence electrons. The van der Waals surface area contributed by atoms with Crippen molar-refractivity contribution < 1.29 is 29.2 Å². The zero-order chi connectivity index (χ0) is 22.9. The average Bonchev–Trinajstić information content (AvgIpc) is 2.87. The molecule has 1 saturated heterocycles. The van der Waals surface area contributed by atoms with Crippen molar-refractivity contribution in [2.75, 3.05) is 6.61 Å². The molecule has 3 aromatic carbocycles. The summed E-state index contributed by atoms with van der Waals surface area (Å²) in [4.78, 5) is 0. The van der Waals surface area contributed by atoms with Gasteiger partial charge in [-0.15, -0.1) is 0 Å². The monoisotopic (exact) mass is 450 g/mol. The Morgan fingerprint density at radius 3 is 1.39 bits per heavy atom. The molecule has 4 rings (SSSR count). The van der Waals surface area contributed by atoms with Crippen LogP contribution in [0.3, 0.4) is 0 Å². The molecule has 33 heavy (non-hydrogen) atoms. The van der Waals surface area contributed by atoms with Gasteiger partial charge in [0.05, 0.1) is 26.4 Å². The van der Waals surface area contributed by atoms with Crippen molar-refractivity contribution in [3.63, 3.8) is 0 Å². The second kappa shape index (κ2) is 12.0. The smallest absolute Gasteiger partial charge is 0.184 e. The average molecular weight is 451 g/mol. The van der Waals surface area contributed by atoms with Crippen LogP contribution < -0.4 is 0 Å². The van der Waals surface area contributed by atoms with Crippen LogP contribution in [0, 0.1) is 0 Å². The van der Waals surface area contributed by atoms with Gasteiger partial charge in [-0.1, -0.05) is 91.0 Å². The minimum atomic E-state index is -1.26. The third kappa shape index (κ3) is 6.48. The number of ether oxygens (including phenoxy) is 4. The highest BCUT2D eigenvalue weighted by molar-refractivity contribution is 5.15. The summed E-state index contributed by atoms with van der Waals surface area (Å²) in [5.74, 6) is 0. The molecule has 0 aliphatic carbocycles. The Hall–Kier alpha value is -2.58. The molecule has 2 N–H and O–H groups in total. The maximum Gasteiger partial charge on any atom is 0.184 e. The summed E-state index contributed by atoms with van der Waals surface area (Å²) in [7, 11) is 0. The first-order valence-corrected chi connectivity index (χ1v) is 11.2. The van der Waals surface area contributed by atoms with Crippen molar-refractivity contribution in [1.82, 2.24) is 0 Å². The molecular weight excluding hydrogens is 420 g/mol. The van der Waals surface area contributed by atoms with Crippen LogP contribution in [-0.4, -0.2) is 47.5 Å². The summed E-state index contributed by atoms with van der Waals surface area (Å²) in [5, 5.41) is 20.7. The fraction of sp³-hybridized carbons (Fsp3) is 0.333. The van der Waals surface area contributed by atoms with E-state index in [4.69, 9.17) is 18.9 Å². The predicted molar refractivity (Wildman–Crippen MR) is 123 cm³/mol. The second-order valence-electron chi connectivity index (χ2n) is 8.03. The van der Waals surface area contributed by atoms with Gasteiger partial charge in [-0.3, -0.25) is 0 Å². The Kier molecular flexibility index (Phi) is 8.60.